The Kier molecular flexibility index (Phi) is 4.91. The third kappa shape index (κ3) is 3.62. The average Bonchev–Trinajstić information content (AvgIpc) is 3.17. The van der Waals surface area contributed by atoms with Crippen LogP contribution in [0.15, 0.2) is 0 Å². The van der Waals surface area contributed by atoms with Crippen LogP contribution in [0, 0.1) is 13.8 Å². The normalized spacial score (nSPS) is 18.7. The Balaban J connectivity index is 1.58. The number of amides is 1. The number of carbonyl (C=O) groups is 1. The Morgan fingerprint density at radius 1 is 1.38 bits per heavy atom. The molecule has 2 aromatic heterocycles. The minimum absolute atomic E-state index is 0.0625. The summed E-state index contributed by atoms with van der Waals surface area (Å²) in [6.45, 7) is 7.92. The van der Waals surface area contributed by atoms with Crippen molar-refractivity contribution in [1.82, 2.24) is 30.3 Å². The first-order valence-corrected chi connectivity index (χ1v) is 8.13. The monoisotopic (exact) mass is 333 g/mol. The predicted octanol–water partition coefficient (Wildman–Crippen LogP) is 0.719. The van der Waals surface area contributed by atoms with Crippen LogP contribution in [-0.4, -0.2) is 62.4 Å². The summed E-state index contributed by atoms with van der Waals surface area (Å²) in [5.41, 5.74) is 2.40. The van der Waals surface area contributed by atoms with Crippen LogP contribution in [0.5, 0.6) is 0 Å². The van der Waals surface area contributed by atoms with Crippen molar-refractivity contribution in [1.29, 1.82) is 0 Å². The number of aryl methyl sites for hydroxylation is 3. The van der Waals surface area contributed by atoms with Gasteiger partial charge in [-0.25, -0.2) is 4.98 Å². The Labute approximate surface area is 140 Å². The molecule has 9 nitrogen and oxygen atoms in total. The van der Waals surface area contributed by atoms with E-state index in [1.54, 1.807) is 0 Å². The molecule has 3 N–H and O–H groups in total. The van der Waals surface area contributed by atoms with E-state index in [2.05, 4.69) is 35.6 Å². The molecule has 1 atom stereocenters. The lowest BCUT2D eigenvalue weighted by Crippen LogP contribution is -2.42. The lowest BCUT2D eigenvalue weighted by molar-refractivity contribution is -0.119. The van der Waals surface area contributed by atoms with Crippen molar-refractivity contribution in [3.63, 3.8) is 0 Å². The average molecular weight is 333 g/mol. The zero-order valence-electron chi connectivity index (χ0n) is 14.2. The number of morpholine rings is 1. The van der Waals surface area contributed by atoms with Crippen molar-refractivity contribution in [2.24, 2.45) is 0 Å². The molecule has 0 radical (unpaired) electrons. The van der Waals surface area contributed by atoms with E-state index in [4.69, 9.17) is 4.74 Å². The Morgan fingerprint density at radius 3 is 2.88 bits per heavy atom. The molecule has 1 aliphatic heterocycles. The van der Waals surface area contributed by atoms with Crippen molar-refractivity contribution in [3.8, 4) is 0 Å². The summed E-state index contributed by atoms with van der Waals surface area (Å²) in [7, 11) is 0. The number of ether oxygens (including phenoxy) is 1. The van der Waals surface area contributed by atoms with Crippen LogP contribution in [0.1, 0.15) is 36.1 Å². The lowest BCUT2D eigenvalue weighted by atomic mass is 10.2. The van der Waals surface area contributed by atoms with E-state index in [0.29, 0.717) is 32.1 Å². The number of H-pyrrole nitrogens is 2. The van der Waals surface area contributed by atoms with Crippen LogP contribution in [0.25, 0.3) is 0 Å². The molecule has 1 saturated heterocycles. The second kappa shape index (κ2) is 7.10. The zero-order chi connectivity index (χ0) is 17.1. The Bertz CT molecular complexity index is 689. The van der Waals surface area contributed by atoms with Crippen LogP contribution < -0.4 is 5.32 Å². The molecular formula is C15H23N7O2. The number of carbonyl (C=O) groups excluding carboxylic acids is 1. The summed E-state index contributed by atoms with van der Waals surface area (Å²) in [6.07, 6.45) is 0.593. The van der Waals surface area contributed by atoms with E-state index < -0.39 is 0 Å². The van der Waals surface area contributed by atoms with Crippen molar-refractivity contribution >= 4 is 11.6 Å². The van der Waals surface area contributed by atoms with Gasteiger partial charge in [-0.3, -0.25) is 19.9 Å². The van der Waals surface area contributed by atoms with Gasteiger partial charge in [-0.1, -0.05) is 6.92 Å². The first-order valence-electron chi connectivity index (χ1n) is 8.13. The molecule has 130 valence electrons. The summed E-state index contributed by atoms with van der Waals surface area (Å²) in [6, 6.07) is 0. The highest BCUT2D eigenvalue weighted by atomic mass is 16.5. The molecule has 0 bridgehead atoms. The van der Waals surface area contributed by atoms with Crippen LogP contribution in [-0.2, 0) is 16.0 Å². The van der Waals surface area contributed by atoms with E-state index >= 15 is 0 Å². The molecule has 0 aliphatic carbocycles. The highest BCUT2D eigenvalue weighted by Gasteiger charge is 2.26. The predicted molar refractivity (Wildman–Crippen MR) is 87.6 cm³/mol. The first-order chi connectivity index (χ1) is 11.6. The number of nitrogens with zero attached hydrogens (tertiary/aromatic N) is 4. The van der Waals surface area contributed by atoms with E-state index in [0.717, 1.165) is 29.3 Å². The van der Waals surface area contributed by atoms with Crippen molar-refractivity contribution in [3.05, 3.63) is 23.0 Å². The fourth-order valence-corrected chi connectivity index (χ4v) is 2.73. The smallest absolute Gasteiger partial charge is 0.238 e. The highest BCUT2D eigenvalue weighted by molar-refractivity contribution is 5.93. The molecule has 3 rings (SSSR count). The SMILES string of the molecule is CCc1nc(C2CN(CC(=O)Nc3c(C)n[nH]c3C)CCO2)n[nH]1. The lowest BCUT2D eigenvalue weighted by Gasteiger charge is -2.30. The second-order valence-electron chi connectivity index (χ2n) is 5.95. The summed E-state index contributed by atoms with van der Waals surface area (Å²) in [4.78, 5) is 18.8. The van der Waals surface area contributed by atoms with Gasteiger partial charge < -0.3 is 10.1 Å². The maximum absolute atomic E-state index is 12.3. The van der Waals surface area contributed by atoms with Crippen LogP contribution in [0.4, 0.5) is 5.69 Å². The molecule has 2 aromatic rings. The molecule has 9 heteroatoms. The summed E-state index contributed by atoms with van der Waals surface area (Å²) >= 11 is 0. The van der Waals surface area contributed by atoms with Gasteiger partial charge in [0.15, 0.2) is 5.82 Å². The maximum atomic E-state index is 12.3. The van der Waals surface area contributed by atoms with Crippen LogP contribution >= 0.6 is 0 Å². The third-order valence-electron chi connectivity index (χ3n) is 4.08. The fourth-order valence-electron chi connectivity index (χ4n) is 2.73. The van der Waals surface area contributed by atoms with E-state index in [-0.39, 0.29) is 12.0 Å². The molecule has 1 aliphatic rings. The number of hydrogen-bond acceptors (Lipinski definition) is 6. The molecule has 0 spiro atoms. The number of rotatable bonds is 5. The maximum Gasteiger partial charge on any atom is 0.238 e. The highest BCUT2D eigenvalue weighted by Crippen LogP contribution is 2.20. The van der Waals surface area contributed by atoms with Gasteiger partial charge in [0, 0.05) is 19.5 Å². The first kappa shape index (κ1) is 16.6. The van der Waals surface area contributed by atoms with Gasteiger partial charge in [0.05, 0.1) is 30.2 Å². The van der Waals surface area contributed by atoms with Crippen molar-refractivity contribution in [2.75, 3.05) is 31.6 Å². The van der Waals surface area contributed by atoms with Crippen molar-refractivity contribution < 1.29 is 9.53 Å². The minimum Gasteiger partial charge on any atom is -0.367 e. The molecule has 0 saturated carbocycles. The number of aromatic amines is 2. The van der Waals surface area contributed by atoms with Crippen molar-refractivity contribution in [2.45, 2.75) is 33.3 Å². The standard InChI is InChI=1S/C15H23N7O2/c1-4-12-16-15(21-20-12)11-7-22(5-6-24-11)8-13(23)17-14-9(2)18-19-10(14)3/h11H,4-8H2,1-3H3,(H,17,23)(H,18,19)(H,16,20,21). The number of hydrogen-bond donors (Lipinski definition) is 3. The fraction of sp³-hybridized carbons (Fsp3) is 0.600. The molecule has 1 fully saturated rings. The molecule has 1 unspecified atom stereocenters. The number of aromatic nitrogens is 5. The molecule has 0 aromatic carbocycles. The van der Waals surface area contributed by atoms with E-state index in [1.165, 1.54) is 0 Å². The van der Waals surface area contributed by atoms with Gasteiger partial charge in [0.2, 0.25) is 5.91 Å². The van der Waals surface area contributed by atoms with Gasteiger partial charge in [-0.2, -0.15) is 10.2 Å². The van der Waals surface area contributed by atoms with Gasteiger partial charge >= 0.3 is 0 Å². The number of nitrogens with one attached hydrogen (secondary N) is 3. The van der Waals surface area contributed by atoms with Gasteiger partial charge in [-0.05, 0) is 13.8 Å². The zero-order valence-corrected chi connectivity index (χ0v) is 14.2. The van der Waals surface area contributed by atoms with Crippen LogP contribution in [0.2, 0.25) is 0 Å². The summed E-state index contributed by atoms with van der Waals surface area (Å²) in [5, 5.41) is 17.0. The quantitative estimate of drug-likeness (QED) is 0.743. The van der Waals surface area contributed by atoms with E-state index in [1.807, 2.05) is 20.8 Å². The topological polar surface area (TPSA) is 112 Å². The van der Waals surface area contributed by atoms with Gasteiger partial charge in [0.1, 0.15) is 11.9 Å². The van der Waals surface area contributed by atoms with E-state index in [9.17, 15) is 4.79 Å². The number of anilines is 1. The van der Waals surface area contributed by atoms with Gasteiger partial charge in [-0.15, -0.1) is 0 Å². The summed E-state index contributed by atoms with van der Waals surface area (Å²) < 4.78 is 5.74. The molecule has 3 heterocycles. The Morgan fingerprint density at radius 2 is 2.21 bits per heavy atom. The largest absolute Gasteiger partial charge is 0.367 e. The second-order valence-corrected chi connectivity index (χ2v) is 5.95. The minimum atomic E-state index is -0.208. The molecule has 1 amide bonds. The third-order valence-corrected chi connectivity index (χ3v) is 4.08. The Hall–Kier alpha value is -2.26. The van der Waals surface area contributed by atoms with Crippen LogP contribution in [0.3, 0.4) is 0 Å². The molecular weight excluding hydrogens is 310 g/mol. The summed E-state index contributed by atoms with van der Waals surface area (Å²) in [5.74, 6) is 1.43. The molecule has 24 heavy (non-hydrogen) atoms. The van der Waals surface area contributed by atoms with Gasteiger partial charge in [0.25, 0.3) is 0 Å².